The van der Waals surface area contributed by atoms with E-state index in [0.29, 0.717) is 12.8 Å². The SMILES string of the molecule is CC/C=C/C=C/C=C/C=C/CCCCCCCC(=O)O[C@H](COC(=O)CCCCCCCCCCCC)COP(=O)(O)OC[C@H](N)C(=O)O. The second kappa shape index (κ2) is 32.6. The number of hydrogen-bond donors (Lipinski definition) is 3. The molecule has 0 radical (unpaired) electrons. The van der Waals surface area contributed by atoms with Gasteiger partial charge in [-0.25, -0.2) is 4.57 Å². The van der Waals surface area contributed by atoms with Crippen LogP contribution in [0.5, 0.6) is 0 Å². The number of ether oxygens (including phenoxy) is 2. The molecule has 49 heavy (non-hydrogen) atoms. The number of carbonyl (C=O) groups excluding carboxylic acids is 2. The summed E-state index contributed by atoms with van der Waals surface area (Å²) in [6.45, 7) is 2.59. The van der Waals surface area contributed by atoms with Gasteiger partial charge >= 0.3 is 25.7 Å². The van der Waals surface area contributed by atoms with Crippen molar-refractivity contribution in [1.29, 1.82) is 0 Å². The van der Waals surface area contributed by atoms with Crippen LogP contribution in [0, 0.1) is 0 Å². The van der Waals surface area contributed by atoms with E-state index < -0.39 is 51.1 Å². The average molecular weight is 714 g/mol. The maximum absolute atomic E-state index is 12.5. The number of carboxylic acid groups (broad SMARTS) is 1. The van der Waals surface area contributed by atoms with E-state index in [-0.39, 0.29) is 19.4 Å². The third-order valence-electron chi connectivity index (χ3n) is 7.44. The van der Waals surface area contributed by atoms with Gasteiger partial charge in [-0.1, -0.05) is 140 Å². The zero-order valence-corrected chi connectivity index (χ0v) is 30.9. The maximum Gasteiger partial charge on any atom is 0.472 e. The predicted molar refractivity (Wildman–Crippen MR) is 194 cm³/mol. The quantitative estimate of drug-likeness (QED) is 0.0257. The van der Waals surface area contributed by atoms with E-state index in [2.05, 4.69) is 30.5 Å². The molecule has 0 amide bonds. The number of carboxylic acids is 1. The molecule has 0 aromatic heterocycles. The molecule has 3 atom stereocenters. The molecule has 0 spiro atoms. The molecule has 11 nitrogen and oxygen atoms in total. The highest BCUT2D eigenvalue weighted by Crippen LogP contribution is 2.43. The summed E-state index contributed by atoms with van der Waals surface area (Å²) in [5.74, 6) is -2.42. The number of unbranched alkanes of at least 4 members (excludes halogenated alkanes) is 14. The van der Waals surface area contributed by atoms with Crippen molar-refractivity contribution in [3.05, 3.63) is 48.6 Å². The van der Waals surface area contributed by atoms with Crippen molar-refractivity contribution in [1.82, 2.24) is 0 Å². The molecule has 282 valence electrons. The van der Waals surface area contributed by atoms with E-state index >= 15 is 0 Å². The summed E-state index contributed by atoms with van der Waals surface area (Å²) in [4.78, 5) is 45.6. The third kappa shape index (κ3) is 32.4. The van der Waals surface area contributed by atoms with Crippen LogP contribution in [0.2, 0.25) is 0 Å². The van der Waals surface area contributed by atoms with Crippen molar-refractivity contribution in [3.63, 3.8) is 0 Å². The summed E-state index contributed by atoms with van der Waals surface area (Å²) < 4.78 is 32.5. The Balaban J connectivity index is 4.52. The first kappa shape index (κ1) is 46.4. The highest BCUT2D eigenvalue weighted by molar-refractivity contribution is 7.47. The molecule has 0 fully saturated rings. The predicted octanol–water partition coefficient (Wildman–Crippen LogP) is 8.66. The average Bonchev–Trinajstić information content (AvgIpc) is 3.07. The van der Waals surface area contributed by atoms with Crippen LogP contribution in [0.15, 0.2) is 48.6 Å². The van der Waals surface area contributed by atoms with Crippen LogP contribution in [-0.4, -0.2) is 59.9 Å². The van der Waals surface area contributed by atoms with E-state index in [4.69, 9.17) is 24.8 Å². The minimum absolute atomic E-state index is 0.134. The first-order valence-corrected chi connectivity index (χ1v) is 19.7. The molecule has 0 aliphatic carbocycles. The number of phosphoric acid groups is 1. The molecule has 4 N–H and O–H groups in total. The van der Waals surface area contributed by atoms with Gasteiger partial charge in [-0.05, 0) is 32.1 Å². The van der Waals surface area contributed by atoms with Gasteiger partial charge < -0.3 is 25.2 Å². The van der Waals surface area contributed by atoms with Gasteiger partial charge in [0.1, 0.15) is 12.6 Å². The standard InChI is InChI=1S/C37H64NO10P/c1-3-5-7-9-11-13-15-16-17-18-19-21-23-25-27-29-36(40)48-33(31-46-49(43,44)47-32-34(38)37(41)42)30-45-35(39)28-26-24-22-20-14-12-10-8-6-4-2/h5,7,9,11,13,15-17,33-34H,3-4,6,8,10,12,14,18-32,38H2,1-2H3,(H,41,42)(H,43,44)/b7-5+,11-9+,15-13+,17-16+/t33-,34+/m1/s1. The van der Waals surface area contributed by atoms with Crippen LogP contribution in [0.25, 0.3) is 0 Å². The summed E-state index contributed by atoms with van der Waals surface area (Å²) in [6, 6.07) is -1.52. The normalized spacial score (nSPS) is 14.5. The van der Waals surface area contributed by atoms with Crippen molar-refractivity contribution in [3.8, 4) is 0 Å². The number of esters is 2. The largest absolute Gasteiger partial charge is 0.480 e. The molecule has 0 aliphatic heterocycles. The lowest BCUT2D eigenvalue weighted by Gasteiger charge is -2.20. The van der Waals surface area contributed by atoms with Crippen molar-refractivity contribution in [2.75, 3.05) is 19.8 Å². The molecule has 0 saturated heterocycles. The van der Waals surface area contributed by atoms with E-state index in [1.54, 1.807) is 0 Å². The molecule has 0 aliphatic rings. The Labute approximate surface area is 295 Å². The molecule has 0 aromatic carbocycles. The van der Waals surface area contributed by atoms with Crippen molar-refractivity contribution in [2.24, 2.45) is 5.73 Å². The maximum atomic E-state index is 12.5. The van der Waals surface area contributed by atoms with E-state index in [0.717, 1.165) is 57.8 Å². The number of carbonyl (C=O) groups is 3. The highest BCUT2D eigenvalue weighted by atomic mass is 31.2. The lowest BCUT2D eigenvalue weighted by Crippen LogP contribution is -2.34. The molecular formula is C37H64NO10P. The van der Waals surface area contributed by atoms with E-state index in [1.807, 2.05) is 36.5 Å². The lowest BCUT2D eigenvalue weighted by molar-refractivity contribution is -0.161. The number of aliphatic carboxylic acids is 1. The van der Waals surface area contributed by atoms with Crippen LogP contribution < -0.4 is 5.73 Å². The van der Waals surface area contributed by atoms with Crippen LogP contribution >= 0.6 is 7.82 Å². The zero-order chi connectivity index (χ0) is 36.4. The van der Waals surface area contributed by atoms with Crippen LogP contribution in [0.1, 0.15) is 136 Å². The Hall–Kier alpha value is -2.56. The summed E-state index contributed by atoms with van der Waals surface area (Å²) in [5.41, 5.74) is 5.30. The molecule has 0 saturated carbocycles. The first-order valence-electron chi connectivity index (χ1n) is 18.2. The second-order valence-corrected chi connectivity index (χ2v) is 13.5. The Bertz CT molecular complexity index is 1030. The highest BCUT2D eigenvalue weighted by Gasteiger charge is 2.28. The summed E-state index contributed by atoms with van der Waals surface area (Å²) in [7, 11) is -4.71. The minimum atomic E-state index is -4.71. The van der Waals surface area contributed by atoms with E-state index in [1.165, 1.54) is 38.5 Å². The Kier molecular flexibility index (Phi) is 30.9. The fourth-order valence-electron chi connectivity index (χ4n) is 4.54. The van der Waals surface area contributed by atoms with E-state index in [9.17, 15) is 23.8 Å². The van der Waals surface area contributed by atoms with Gasteiger partial charge in [-0.15, -0.1) is 0 Å². The van der Waals surface area contributed by atoms with Crippen molar-refractivity contribution < 1.29 is 47.5 Å². The summed E-state index contributed by atoms with van der Waals surface area (Å²) in [6.07, 6.45) is 33.3. The Morgan fingerprint density at radius 1 is 0.653 bits per heavy atom. The summed E-state index contributed by atoms with van der Waals surface area (Å²) in [5, 5.41) is 8.84. The first-order chi connectivity index (χ1) is 23.6. The number of phosphoric ester groups is 1. The molecule has 0 bridgehead atoms. The van der Waals surface area contributed by atoms with Crippen LogP contribution in [0.3, 0.4) is 0 Å². The number of nitrogens with two attached hydrogens (primary N) is 1. The Morgan fingerprint density at radius 3 is 1.71 bits per heavy atom. The monoisotopic (exact) mass is 713 g/mol. The fourth-order valence-corrected chi connectivity index (χ4v) is 5.32. The number of rotatable bonds is 33. The van der Waals surface area contributed by atoms with Gasteiger partial charge in [0.05, 0.1) is 13.2 Å². The zero-order valence-electron chi connectivity index (χ0n) is 30.0. The Morgan fingerprint density at radius 2 is 1.14 bits per heavy atom. The fraction of sp³-hybridized carbons (Fsp3) is 0.703. The van der Waals surface area contributed by atoms with Crippen molar-refractivity contribution >= 4 is 25.7 Å². The molecular weight excluding hydrogens is 649 g/mol. The molecule has 0 heterocycles. The number of allylic oxidation sites excluding steroid dienone is 8. The van der Waals surface area contributed by atoms with Gasteiger partial charge in [-0.2, -0.15) is 0 Å². The van der Waals surface area contributed by atoms with Crippen molar-refractivity contribution in [2.45, 2.75) is 148 Å². The lowest BCUT2D eigenvalue weighted by atomic mass is 10.1. The van der Waals surface area contributed by atoms with Gasteiger partial charge in [0.25, 0.3) is 0 Å². The third-order valence-corrected chi connectivity index (χ3v) is 8.39. The second-order valence-electron chi connectivity index (χ2n) is 12.1. The number of hydrogen-bond acceptors (Lipinski definition) is 9. The molecule has 12 heteroatoms. The van der Waals surface area contributed by atoms with Crippen LogP contribution in [-0.2, 0) is 37.5 Å². The van der Waals surface area contributed by atoms with Gasteiger partial charge in [0.2, 0.25) is 0 Å². The smallest absolute Gasteiger partial charge is 0.472 e. The minimum Gasteiger partial charge on any atom is -0.480 e. The van der Waals surface area contributed by atoms with Gasteiger partial charge in [-0.3, -0.25) is 23.4 Å². The van der Waals surface area contributed by atoms with Gasteiger partial charge in [0, 0.05) is 12.8 Å². The van der Waals surface area contributed by atoms with Crippen LogP contribution in [0.4, 0.5) is 0 Å². The molecule has 0 rings (SSSR count). The van der Waals surface area contributed by atoms with Gasteiger partial charge in [0.15, 0.2) is 6.10 Å². The molecule has 0 aromatic rings. The summed E-state index contributed by atoms with van der Waals surface area (Å²) >= 11 is 0. The topological polar surface area (TPSA) is 172 Å². The molecule has 1 unspecified atom stereocenters.